The van der Waals surface area contributed by atoms with Crippen molar-refractivity contribution < 1.29 is 9.59 Å². The Labute approximate surface area is 255 Å². The van der Waals surface area contributed by atoms with E-state index in [1.807, 2.05) is 12.1 Å². The minimum atomic E-state index is -0.166. The first kappa shape index (κ1) is 26.9. The summed E-state index contributed by atoms with van der Waals surface area (Å²) in [5, 5.41) is 2.31. The van der Waals surface area contributed by atoms with Gasteiger partial charge in [0.2, 0.25) is 0 Å². The quantitative estimate of drug-likeness (QED) is 0.225. The van der Waals surface area contributed by atoms with Crippen LogP contribution in [0.2, 0.25) is 0 Å². The van der Waals surface area contributed by atoms with Gasteiger partial charge in [0.1, 0.15) is 0 Å². The van der Waals surface area contributed by atoms with Crippen LogP contribution >= 0.6 is 23.5 Å². The molecule has 1 saturated carbocycles. The third-order valence-corrected chi connectivity index (χ3v) is 10.4. The number of rotatable bonds is 4. The molecule has 3 aromatic rings. The van der Waals surface area contributed by atoms with Crippen LogP contribution in [0.4, 0.5) is 11.4 Å². The monoisotopic (exact) mass is 586 g/mol. The van der Waals surface area contributed by atoms with Crippen LogP contribution in [0, 0.1) is 0 Å². The van der Waals surface area contributed by atoms with Crippen LogP contribution in [0.3, 0.4) is 0 Å². The van der Waals surface area contributed by atoms with Crippen LogP contribution in [0.15, 0.2) is 139 Å². The number of fused-ring (bicyclic) bond motifs is 3. The molecule has 0 spiro atoms. The first-order valence-electron chi connectivity index (χ1n) is 14.4. The second-order valence-electron chi connectivity index (χ2n) is 10.5. The molecular weight excluding hydrogens is 557 g/mol. The van der Waals surface area contributed by atoms with E-state index in [2.05, 4.69) is 96.5 Å². The van der Waals surface area contributed by atoms with Gasteiger partial charge in [0.15, 0.2) is 11.6 Å². The van der Waals surface area contributed by atoms with Crippen molar-refractivity contribution in [3.63, 3.8) is 0 Å². The standard InChI is InChI=1S/C36H30N2O2S2/c1-3-37-27-13-7-9-15-29(27)41-31(37)21-19-23-17-18-24(20-22-32-38(4-2)28-14-8-10-16-30(28)42-32)33(23)34-35(39)25-11-5-6-12-26(25)36(34)40/h5-16,19-22H,3-4,17-18H2,1-2H3/b23-19+,24-20+,31-21-,32-22+. The van der Waals surface area contributed by atoms with Gasteiger partial charge in [-0.25, -0.2) is 0 Å². The summed E-state index contributed by atoms with van der Waals surface area (Å²) in [6.45, 7) is 6.05. The topological polar surface area (TPSA) is 40.6 Å². The highest BCUT2D eigenvalue weighted by atomic mass is 32.2. The number of Topliss-reactive ketones (excluding diaryl/α,β-unsaturated/α-hetero) is 2. The van der Waals surface area contributed by atoms with Crippen molar-refractivity contribution in [3.05, 3.63) is 141 Å². The zero-order chi connectivity index (χ0) is 28.8. The van der Waals surface area contributed by atoms with E-state index in [0.717, 1.165) is 52.7 Å². The Morgan fingerprint density at radius 3 is 1.48 bits per heavy atom. The molecule has 4 nitrogen and oxygen atoms in total. The van der Waals surface area contributed by atoms with Crippen molar-refractivity contribution in [2.45, 2.75) is 36.5 Å². The lowest BCUT2D eigenvalue weighted by Gasteiger charge is -2.17. The lowest BCUT2D eigenvalue weighted by Crippen LogP contribution is -2.16. The summed E-state index contributed by atoms with van der Waals surface area (Å²) in [5.74, 6) is -0.333. The summed E-state index contributed by atoms with van der Waals surface area (Å²) >= 11 is 3.52. The molecule has 208 valence electrons. The molecule has 42 heavy (non-hydrogen) atoms. The van der Waals surface area contributed by atoms with Crippen LogP contribution < -0.4 is 9.80 Å². The Bertz CT molecular complexity index is 1680. The highest BCUT2D eigenvalue weighted by Crippen LogP contribution is 2.48. The SMILES string of the molecule is CCN1/C(=C/C=C2\CC/C(=C\C=C3\Sc4ccccc4N3CC)C2=C2C(=O)c3ccccc3C2=O)Sc2ccccc21. The molecule has 0 bridgehead atoms. The molecule has 0 aromatic heterocycles. The van der Waals surface area contributed by atoms with E-state index in [1.165, 1.54) is 21.2 Å². The molecule has 0 N–H and O–H groups in total. The number of thioether (sulfide) groups is 2. The number of nitrogens with zero attached hydrogens (tertiary/aromatic N) is 2. The van der Waals surface area contributed by atoms with Crippen LogP contribution in [-0.2, 0) is 0 Å². The Hall–Kier alpha value is -4.00. The Kier molecular flexibility index (Phi) is 7.04. The highest BCUT2D eigenvalue weighted by molar-refractivity contribution is 8.04. The molecule has 1 fully saturated rings. The first-order chi connectivity index (χ1) is 20.6. The molecule has 3 aromatic carbocycles. The maximum atomic E-state index is 13.7. The van der Waals surface area contributed by atoms with Gasteiger partial charge in [-0.15, -0.1) is 0 Å². The van der Waals surface area contributed by atoms with Gasteiger partial charge >= 0.3 is 0 Å². The molecule has 0 unspecified atom stereocenters. The molecule has 7 rings (SSSR count). The summed E-state index contributed by atoms with van der Waals surface area (Å²) in [6.07, 6.45) is 10.1. The zero-order valence-electron chi connectivity index (χ0n) is 23.6. The fourth-order valence-electron chi connectivity index (χ4n) is 6.21. The van der Waals surface area contributed by atoms with Crippen molar-refractivity contribution in [1.82, 2.24) is 0 Å². The van der Waals surface area contributed by atoms with Gasteiger partial charge in [-0.1, -0.05) is 84.2 Å². The highest BCUT2D eigenvalue weighted by Gasteiger charge is 2.38. The van der Waals surface area contributed by atoms with E-state index >= 15 is 0 Å². The zero-order valence-corrected chi connectivity index (χ0v) is 25.2. The fraction of sp³-hybridized carbons (Fsp3) is 0.167. The number of para-hydroxylation sites is 2. The maximum absolute atomic E-state index is 13.7. The molecule has 2 aliphatic heterocycles. The number of carbonyl (C=O) groups is 2. The van der Waals surface area contributed by atoms with E-state index in [0.29, 0.717) is 16.7 Å². The van der Waals surface area contributed by atoms with Crippen molar-refractivity contribution in [1.29, 1.82) is 0 Å². The summed E-state index contributed by atoms with van der Waals surface area (Å²) in [5.41, 5.74) is 6.65. The van der Waals surface area contributed by atoms with Crippen LogP contribution in [0.5, 0.6) is 0 Å². The first-order valence-corrected chi connectivity index (χ1v) is 16.1. The molecular formula is C36H30N2O2S2. The lowest BCUT2D eigenvalue weighted by molar-refractivity contribution is 0.0987. The Morgan fingerprint density at radius 1 is 0.595 bits per heavy atom. The summed E-state index contributed by atoms with van der Waals surface area (Å²) < 4.78 is 0. The summed E-state index contributed by atoms with van der Waals surface area (Å²) in [4.78, 5) is 34.5. The number of hydrogen-bond donors (Lipinski definition) is 0. The molecule has 2 heterocycles. The predicted octanol–water partition coefficient (Wildman–Crippen LogP) is 8.96. The lowest BCUT2D eigenvalue weighted by atomic mass is 9.95. The summed E-state index contributed by atoms with van der Waals surface area (Å²) in [6, 6.07) is 24.1. The van der Waals surface area contributed by atoms with Gasteiger partial charge in [0.05, 0.1) is 27.0 Å². The van der Waals surface area contributed by atoms with E-state index in [9.17, 15) is 9.59 Å². The average Bonchev–Trinajstić information content (AvgIpc) is 3.75. The normalized spacial score (nSPS) is 21.5. The van der Waals surface area contributed by atoms with Crippen LogP contribution in [-0.4, -0.2) is 24.7 Å². The van der Waals surface area contributed by atoms with Gasteiger partial charge in [0, 0.05) is 34.0 Å². The average molecular weight is 587 g/mol. The smallest absolute Gasteiger partial charge is 0.198 e. The van der Waals surface area contributed by atoms with Gasteiger partial charge < -0.3 is 9.80 Å². The van der Waals surface area contributed by atoms with Gasteiger partial charge in [-0.2, -0.15) is 0 Å². The minimum Gasteiger partial charge on any atom is -0.335 e. The van der Waals surface area contributed by atoms with Crippen molar-refractivity contribution in [2.75, 3.05) is 22.9 Å². The number of benzene rings is 3. The van der Waals surface area contributed by atoms with Crippen molar-refractivity contribution in [2.24, 2.45) is 0 Å². The second kappa shape index (κ2) is 11.0. The van der Waals surface area contributed by atoms with Crippen molar-refractivity contribution >= 4 is 46.5 Å². The predicted molar refractivity (Wildman–Crippen MR) is 174 cm³/mol. The largest absolute Gasteiger partial charge is 0.335 e. The van der Waals surface area contributed by atoms with Gasteiger partial charge in [-0.05, 0) is 79.8 Å². The van der Waals surface area contributed by atoms with Crippen LogP contribution in [0.25, 0.3) is 0 Å². The van der Waals surface area contributed by atoms with Crippen molar-refractivity contribution in [3.8, 4) is 0 Å². The second-order valence-corrected chi connectivity index (χ2v) is 12.6. The molecule has 2 aliphatic carbocycles. The fourth-order valence-corrected chi connectivity index (χ4v) is 8.47. The molecule has 0 atom stereocenters. The number of carbonyl (C=O) groups excluding carboxylic acids is 2. The van der Waals surface area contributed by atoms with E-state index in [4.69, 9.17) is 0 Å². The Morgan fingerprint density at radius 2 is 1.02 bits per heavy atom. The molecule has 0 saturated heterocycles. The number of hydrogen-bond acceptors (Lipinski definition) is 6. The van der Waals surface area contributed by atoms with Crippen LogP contribution in [0.1, 0.15) is 47.4 Å². The van der Waals surface area contributed by atoms with Gasteiger partial charge in [0.25, 0.3) is 0 Å². The maximum Gasteiger partial charge on any atom is 0.198 e. The number of anilines is 2. The molecule has 6 heteroatoms. The Balaban J connectivity index is 1.31. The van der Waals surface area contributed by atoms with E-state index in [1.54, 1.807) is 35.7 Å². The molecule has 0 amide bonds. The minimum absolute atomic E-state index is 0.166. The molecule has 0 radical (unpaired) electrons. The third kappa shape index (κ3) is 4.41. The third-order valence-electron chi connectivity index (χ3n) is 8.19. The number of ketones is 2. The summed E-state index contributed by atoms with van der Waals surface area (Å²) in [7, 11) is 0. The van der Waals surface area contributed by atoms with Gasteiger partial charge in [-0.3, -0.25) is 9.59 Å². The van der Waals surface area contributed by atoms with E-state index in [-0.39, 0.29) is 11.6 Å². The van der Waals surface area contributed by atoms with E-state index < -0.39 is 0 Å². The number of allylic oxidation sites excluding steroid dienone is 8. The molecule has 4 aliphatic rings.